The molecule has 2 aromatic heterocycles. The van der Waals surface area contributed by atoms with Gasteiger partial charge < -0.3 is 19.8 Å². The third kappa shape index (κ3) is 2.85. The van der Waals surface area contributed by atoms with Gasteiger partial charge in [-0.05, 0) is 24.3 Å². The molecule has 0 unspecified atom stereocenters. The minimum absolute atomic E-state index is 0.220. The maximum Gasteiger partial charge on any atom is 0.356 e. The monoisotopic (exact) mass is 261 g/mol. The molecule has 0 aliphatic carbocycles. The highest BCUT2D eigenvalue weighted by molar-refractivity contribution is 5.88. The lowest BCUT2D eigenvalue weighted by Gasteiger charge is -2.19. The number of anilines is 2. The number of pyridine rings is 1. The van der Waals surface area contributed by atoms with Crippen molar-refractivity contribution in [3.05, 3.63) is 42.0 Å². The normalized spacial score (nSPS) is 10.2. The van der Waals surface area contributed by atoms with E-state index in [-0.39, 0.29) is 5.69 Å². The quantitative estimate of drug-likeness (QED) is 0.843. The van der Waals surface area contributed by atoms with E-state index in [1.165, 1.54) is 13.2 Å². The molecule has 2 aromatic rings. The number of rotatable bonds is 4. The number of aromatic nitrogens is 1. The Kier molecular flexibility index (Phi) is 3.70. The number of hydrogen-bond donors (Lipinski definition) is 1. The second-order valence-electron chi connectivity index (χ2n) is 4.04. The summed E-state index contributed by atoms with van der Waals surface area (Å²) in [6.45, 7) is 0.509. The van der Waals surface area contributed by atoms with Crippen molar-refractivity contribution in [2.24, 2.45) is 0 Å². The van der Waals surface area contributed by atoms with Gasteiger partial charge in [-0.3, -0.25) is 0 Å². The Bertz CT molecular complexity index is 567. The van der Waals surface area contributed by atoms with Crippen LogP contribution in [-0.4, -0.2) is 25.1 Å². The van der Waals surface area contributed by atoms with Crippen LogP contribution in [-0.2, 0) is 11.3 Å². The fraction of sp³-hybridized carbons (Fsp3) is 0.231. The van der Waals surface area contributed by atoms with Crippen LogP contribution in [0.5, 0.6) is 0 Å². The van der Waals surface area contributed by atoms with E-state index in [0.717, 1.165) is 5.76 Å². The maximum atomic E-state index is 11.5. The molecule has 0 atom stereocenters. The van der Waals surface area contributed by atoms with Crippen molar-refractivity contribution >= 4 is 17.5 Å². The molecule has 100 valence electrons. The molecule has 0 aliphatic heterocycles. The van der Waals surface area contributed by atoms with E-state index in [1.807, 2.05) is 19.2 Å². The first-order valence-electron chi connectivity index (χ1n) is 5.70. The van der Waals surface area contributed by atoms with Crippen LogP contribution < -0.4 is 10.6 Å². The molecule has 0 saturated heterocycles. The Morgan fingerprint density at radius 1 is 1.47 bits per heavy atom. The lowest BCUT2D eigenvalue weighted by molar-refractivity contribution is 0.0594. The van der Waals surface area contributed by atoms with Crippen LogP contribution in [0, 0.1) is 0 Å². The molecule has 0 saturated carbocycles. The number of nitrogen functional groups attached to an aromatic ring is 1. The first-order chi connectivity index (χ1) is 9.11. The van der Waals surface area contributed by atoms with Gasteiger partial charge in [-0.25, -0.2) is 9.78 Å². The molecule has 0 radical (unpaired) electrons. The molecular formula is C13H15N3O3. The average Bonchev–Trinajstić information content (AvgIpc) is 2.91. The number of ether oxygens (including phenoxy) is 1. The number of nitrogens with zero attached hydrogens (tertiary/aromatic N) is 2. The van der Waals surface area contributed by atoms with Crippen LogP contribution in [0.1, 0.15) is 16.2 Å². The predicted molar refractivity (Wildman–Crippen MR) is 70.8 cm³/mol. The zero-order valence-corrected chi connectivity index (χ0v) is 10.8. The highest BCUT2D eigenvalue weighted by Gasteiger charge is 2.14. The van der Waals surface area contributed by atoms with Crippen molar-refractivity contribution in [1.82, 2.24) is 4.98 Å². The molecule has 6 heteroatoms. The van der Waals surface area contributed by atoms with Crippen molar-refractivity contribution < 1.29 is 13.9 Å². The molecule has 0 spiro atoms. The summed E-state index contributed by atoms with van der Waals surface area (Å²) in [4.78, 5) is 17.5. The highest BCUT2D eigenvalue weighted by atomic mass is 16.5. The summed E-state index contributed by atoms with van der Waals surface area (Å²) in [6, 6.07) is 6.83. The molecule has 0 aliphatic rings. The molecule has 2 heterocycles. The SMILES string of the molecule is COC(=O)c1ccc(N)c(N(C)Cc2ccco2)n1. The Morgan fingerprint density at radius 2 is 2.26 bits per heavy atom. The zero-order chi connectivity index (χ0) is 13.8. The molecule has 0 bridgehead atoms. The van der Waals surface area contributed by atoms with E-state index in [2.05, 4.69) is 9.72 Å². The third-order valence-electron chi connectivity index (χ3n) is 2.63. The summed E-state index contributed by atoms with van der Waals surface area (Å²) in [6.07, 6.45) is 1.60. The van der Waals surface area contributed by atoms with Gasteiger partial charge in [-0.1, -0.05) is 0 Å². The Hall–Kier alpha value is -2.50. The van der Waals surface area contributed by atoms with E-state index < -0.39 is 5.97 Å². The Labute approximate surface area is 110 Å². The van der Waals surface area contributed by atoms with Crippen molar-refractivity contribution in [2.45, 2.75) is 6.54 Å². The van der Waals surface area contributed by atoms with Gasteiger partial charge in [0.1, 0.15) is 5.76 Å². The average molecular weight is 261 g/mol. The minimum atomic E-state index is -0.493. The largest absolute Gasteiger partial charge is 0.467 e. The van der Waals surface area contributed by atoms with Crippen LogP contribution in [0.3, 0.4) is 0 Å². The molecule has 2 N–H and O–H groups in total. The number of furan rings is 1. The van der Waals surface area contributed by atoms with E-state index >= 15 is 0 Å². The van der Waals surface area contributed by atoms with Crippen molar-refractivity contribution in [3.8, 4) is 0 Å². The summed E-state index contributed by atoms with van der Waals surface area (Å²) in [5.74, 6) is 0.805. The van der Waals surface area contributed by atoms with Gasteiger partial charge in [-0.2, -0.15) is 0 Å². The van der Waals surface area contributed by atoms with Gasteiger partial charge in [0.15, 0.2) is 11.5 Å². The highest BCUT2D eigenvalue weighted by Crippen LogP contribution is 2.21. The number of methoxy groups -OCH3 is 1. The van der Waals surface area contributed by atoms with Crippen molar-refractivity contribution in [1.29, 1.82) is 0 Å². The summed E-state index contributed by atoms with van der Waals surface area (Å²) in [7, 11) is 3.13. The van der Waals surface area contributed by atoms with E-state index in [1.54, 1.807) is 17.2 Å². The van der Waals surface area contributed by atoms with E-state index in [0.29, 0.717) is 18.1 Å². The third-order valence-corrected chi connectivity index (χ3v) is 2.63. The lowest BCUT2D eigenvalue weighted by atomic mass is 10.3. The first-order valence-corrected chi connectivity index (χ1v) is 5.70. The van der Waals surface area contributed by atoms with E-state index in [9.17, 15) is 4.79 Å². The maximum absolute atomic E-state index is 11.5. The lowest BCUT2D eigenvalue weighted by Crippen LogP contribution is -2.20. The van der Waals surface area contributed by atoms with Gasteiger partial charge in [0, 0.05) is 7.05 Å². The molecule has 6 nitrogen and oxygen atoms in total. The standard InChI is InChI=1S/C13H15N3O3/c1-16(8-9-4-3-7-19-9)12-10(14)5-6-11(15-12)13(17)18-2/h3-7H,8,14H2,1-2H3. The Morgan fingerprint density at radius 3 is 2.89 bits per heavy atom. The zero-order valence-electron chi connectivity index (χ0n) is 10.8. The van der Waals surface area contributed by atoms with Crippen LogP contribution in [0.15, 0.2) is 34.9 Å². The molecule has 0 fully saturated rings. The fourth-order valence-electron chi connectivity index (χ4n) is 1.69. The van der Waals surface area contributed by atoms with Gasteiger partial charge in [-0.15, -0.1) is 0 Å². The summed E-state index contributed by atoms with van der Waals surface area (Å²) in [5, 5.41) is 0. The number of hydrogen-bond acceptors (Lipinski definition) is 6. The Balaban J connectivity index is 2.25. The van der Waals surface area contributed by atoms with Crippen LogP contribution in [0.2, 0.25) is 0 Å². The number of carbonyl (C=O) groups is 1. The minimum Gasteiger partial charge on any atom is -0.467 e. The van der Waals surface area contributed by atoms with Crippen molar-refractivity contribution in [2.75, 3.05) is 24.8 Å². The van der Waals surface area contributed by atoms with Crippen LogP contribution in [0.4, 0.5) is 11.5 Å². The second-order valence-corrected chi connectivity index (χ2v) is 4.04. The molecule has 2 rings (SSSR count). The topological polar surface area (TPSA) is 81.6 Å². The summed E-state index contributed by atoms with van der Waals surface area (Å²) in [5.41, 5.74) is 6.58. The van der Waals surface area contributed by atoms with E-state index in [4.69, 9.17) is 10.2 Å². The molecule has 19 heavy (non-hydrogen) atoms. The molecular weight excluding hydrogens is 246 g/mol. The fourth-order valence-corrected chi connectivity index (χ4v) is 1.69. The number of carbonyl (C=O) groups excluding carboxylic acids is 1. The van der Waals surface area contributed by atoms with Gasteiger partial charge in [0.05, 0.1) is 25.6 Å². The predicted octanol–water partition coefficient (Wildman–Crippen LogP) is 1.68. The summed E-state index contributed by atoms with van der Waals surface area (Å²) < 4.78 is 9.90. The van der Waals surface area contributed by atoms with Crippen molar-refractivity contribution in [3.63, 3.8) is 0 Å². The second kappa shape index (κ2) is 5.43. The number of nitrogens with two attached hydrogens (primary N) is 1. The van der Waals surface area contributed by atoms with Gasteiger partial charge in [0.25, 0.3) is 0 Å². The molecule has 0 amide bonds. The van der Waals surface area contributed by atoms with Gasteiger partial charge in [0.2, 0.25) is 0 Å². The first kappa shape index (κ1) is 12.9. The molecule has 0 aromatic carbocycles. The smallest absolute Gasteiger partial charge is 0.356 e. The summed E-state index contributed by atoms with van der Waals surface area (Å²) >= 11 is 0. The van der Waals surface area contributed by atoms with Crippen LogP contribution >= 0.6 is 0 Å². The van der Waals surface area contributed by atoms with Crippen LogP contribution in [0.25, 0.3) is 0 Å². The number of esters is 1. The van der Waals surface area contributed by atoms with Gasteiger partial charge >= 0.3 is 5.97 Å².